The van der Waals surface area contributed by atoms with Crippen LogP contribution in [0.2, 0.25) is 10.0 Å². The predicted molar refractivity (Wildman–Crippen MR) is 78.8 cm³/mol. The number of nitrogens with zero attached hydrogens (tertiary/aromatic N) is 1. The van der Waals surface area contributed by atoms with Gasteiger partial charge in [0.05, 0.1) is 5.92 Å². The molecule has 20 heavy (non-hydrogen) atoms. The number of piperidine rings is 1. The highest BCUT2D eigenvalue weighted by atomic mass is 35.5. The van der Waals surface area contributed by atoms with Crippen molar-refractivity contribution in [1.29, 1.82) is 0 Å². The Labute approximate surface area is 128 Å². The third kappa shape index (κ3) is 4.54. The number of likely N-dealkylation sites (tertiary alicyclic amines) is 1. The molecule has 1 heterocycles. The van der Waals surface area contributed by atoms with Crippen LogP contribution in [-0.2, 0) is 4.79 Å². The molecule has 2 rings (SSSR count). The number of carboxylic acid groups (broad SMARTS) is 1. The number of halogens is 2. The summed E-state index contributed by atoms with van der Waals surface area (Å²) in [4.78, 5) is 13.1. The zero-order chi connectivity index (χ0) is 14.5. The standard InChI is InChI=1S/C14H17Cl2NO3/c15-11-6-12(16)8-13(7-11)20-5-4-17-3-1-2-10(9-17)14(18)19/h6-8,10H,1-5,9H2,(H,18,19). The van der Waals surface area contributed by atoms with Crippen molar-refractivity contribution in [3.05, 3.63) is 28.2 Å². The van der Waals surface area contributed by atoms with E-state index in [0.717, 1.165) is 19.4 Å². The molecular formula is C14H17Cl2NO3. The SMILES string of the molecule is O=C(O)C1CCCN(CCOc2cc(Cl)cc(Cl)c2)C1. The molecule has 1 atom stereocenters. The van der Waals surface area contributed by atoms with Crippen LogP contribution in [0.3, 0.4) is 0 Å². The van der Waals surface area contributed by atoms with Crippen molar-refractivity contribution in [2.24, 2.45) is 5.92 Å². The van der Waals surface area contributed by atoms with Gasteiger partial charge >= 0.3 is 5.97 Å². The Kier molecular flexibility index (Phi) is 5.52. The zero-order valence-electron chi connectivity index (χ0n) is 11.0. The van der Waals surface area contributed by atoms with Crippen LogP contribution in [0.1, 0.15) is 12.8 Å². The summed E-state index contributed by atoms with van der Waals surface area (Å²) in [6, 6.07) is 5.07. The lowest BCUT2D eigenvalue weighted by Gasteiger charge is -2.30. The van der Waals surface area contributed by atoms with Crippen LogP contribution in [0.25, 0.3) is 0 Å². The number of carboxylic acids is 1. The lowest BCUT2D eigenvalue weighted by molar-refractivity contribution is -0.143. The fourth-order valence-corrected chi connectivity index (χ4v) is 2.87. The average molecular weight is 318 g/mol. The van der Waals surface area contributed by atoms with Gasteiger partial charge in [-0.2, -0.15) is 0 Å². The molecule has 0 spiro atoms. The first kappa shape index (κ1) is 15.4. The summed E-state index contributed by atoms with van der Waals surface area (Å²) in [6.07, 6.45) is 1.68. The van der Waals surface area contributed by atoms with Gasteiger partial charge in [0.1, 0.15) is 12.4 Å². The third-order valence-corrected chi connectivity index (χ3v) is 3.80. The number of rotatable bonds is 5. The molecule has 0 amide bonds. The summed E-state index contributed by atoms with van der Waals surface area (Å²) in [7, 11) is 0. The van der Waals surface area contributed by atoms with E-state index in [2.05, 4.69) is 4.90 Å². The van der Waals surface area contributed by atoms with Crippen molar-refractivity contribution in [2.45, 2.75) is 12.8 Å². The van der Waals surface area contributed by atoms with Gasteiger partial charge in [0.15, 0.2) is 0 Å². The van der Waals surface area contributed by atoms with Gasteiger partial charge in [-0.15, -0.1) is 0 Å². The van der Waals surface area contributed by atoms with E-state index in [1.54, 1.807) is 18.2 Å². The maximum Gasteiger partial charge on any atom is 0.307 e. The molecule has 0 saturated carbocycles. The molecule has 1 aliphatic rings. The summed E-state index contributed by atoms with van der Waals surface area (Å²) in [6.45, 7) is 2.70. The Morgan fingerprint density at radius 2 is 2.05 bits per heavy atom. The molecule has 1 unspecified atom stereocenters. The molecule has 1 aromatic carbocycles. The lowest BCUT2D eigenvalue weighted by Crippen LogP contribution is -2.40. The Balaban J connectivity index is 1.79. The van der Waals surface area contributed by atoms with Crippen molar-refractivity contribution >= 4 is 29.2 Å². The van der Waals surface area contributed by atoms with Gasteiger partial charge < -0.3 is 9.84 Å². The largest absolute Gasteiger partial charge is 0.492 e. The first-order chi connectivity index (χ1) is 9.54. The maximum atomic E-state index is 11.0. The van der Waals surface area contributed by atoms with Gasteiger partial charge in [0.25, 0.3) is 0 Å². The van der Waals surface area contributed by atoms with Crippen molar-refractivity contribution < 1.29 is 14.6 Å². The van der Waals surface area contributed by atoms with E-state index in [1.807, 2.05) is 0 Å². The Morgan fingerprint density at radius 3 is 2.70 bits per heavy atom. The number of hydrogen-bond donors (Lipinski definition) is 1. The Morgan fingerprint density at radius 1 is 1.35 bits per heavy atom. The molecule has 1 aromatic rings. The van der Waals surface area contributed by atoms with Crippen molar-refractivity contribution in [2.75, 3.05) is 26.2 Å². The second-order valence-electron chi connectivity index (χ2n) is 4.93. The highest BCUT2D eigenvalue weighted by Crippen LogP contribution is 2.24. The van der Waals surface area contributed by atoms with Crippen molar-refractivity contribution in [3.8, 4) is 5.75 Å². The predicted octanol–water partition coefficient (Wildman–Crippen LogP) is 3.17. The average Bonchev–Trinajstić information content (AvgIpc) is 2.38. The summed E-state index contributed by atoms with van der Waals surface area (Å²) >= 11 is 11.8. The van der Waals surface area contributed by atoms with Crippen molar-refractivity contribution in [3.63, 3.8) is 0 Å². The van der Waals surface area contributed by atoms with Gasteiger partial charge in [-0.05, 0) is 37.6 Å². The molecule has 1 fully saturated rings. The zero-order valence-corrected chi connectivity index (χ0v) is 12.5. The van der Waals surface area contributed by atoms with Crippen LogP contribution >= 0.6 is 23.2 Å². The van der Waals surface area contributed by atoms with Crippen LogP contribution in [0.5, 0.6) is 5.75 Å². The van der Waals surface area contributed by atoms with Crippen LogP contribution < -0.4 is 4.74 Å². The number of carbonyl (C=O) groups is 1. The van der Waals surface area contributed by atoms with Crippen LogP contribution in [0.15, 0.2) is 18.2 Å². The van der Waals surface area contributed by atoms with E-state index in [1.165, 1.54) is 0 Å². The summed E-state index contributed by atoms with van der Waals surface area (Å²) in [5, 5.41) is 10.1. The fraction of sp³-hybridized carbons (Fsp3) is 0.500. The molecule has 4 nitrogen and oxygen atoms in total. The summed E-state index contributed by atoms with van der Waals surface area (Å²) in [5.74, 6) is -0.337. The summed E-state index contributed by atoms with van der Waals surface area (Å²) in [5.41, 5.74) is 0. The van der Waals surface area contributed by atoms with Crippen molar-refractivity contribution in [1.82, 2.24) is 4.90 Å². The third-order valence-electron chi connectivity index (χ3n) is 3.37. The Hall–Kier alpha value is -0.970. The first-order valence-corrected chi connectivity index (χ1v) is 7.34. The molecule has 0 radical (unpaired) electrons. The van der Waals surface area contributed by atoms with E-state index in [9.17, 15) is 4.79 Å². The highest BCUT2D eigenvalue weighted by Gasteiger charge is 2.24. The minimum atomic E-state index is -0.711. The second kappa shape index (κ2) is 7.16. The fourth-order valence-electron chi connectivity index (χ4n) is 2.36. The van der Waals surface area contributed by atoms with Gasteiger partial charge in [-0.1, -0.05) is 23.2 Å². The van der Waals surface area contributed by atoms with E-state index in [-0.39, 0.29) is 5.92 Å². The molecule has 0 aliphatic carbocycles. The van der Waals surface area contributed by atoms with Crippen LogP contribution in [0.4, 0.5) is 0 Å². The molecule has 110 valence electrons. The number of hydrogen-bond acceptors (Lipinski definition) is 3. The number of aliphatic carboxylic acids is 1. The number of benzene rings is 1. The second-order valence-corrected chi connectivity index (χ2v) is 5.80. The maximum absolute atomic E-state index is 11.0. The molecule has 6 heteroatoms. The van der Waals surface area contributed by atoms with E-state index in [0.29, 0.717) is 35.5 Å². The topological polar surface area (TPSA) is 49.8 Å². The monoisotopic (exact) mass is 317 g/mol. The highest BCUT2D eigenvalue weighted by molar-refractivity contribution is 6.34. The van der Waals surface area contributed by atoms with Crippen LogP contribution in [-0.4, -0.2) is 42.2 Å². The van der Waals surface area contributed by atoms with Crippen LogP contribution in [0, 0.1) is 5.92 Å². The van der Waals surface area contributed by atoms with Gasteiger partial charge in [0, 0.05) is 23.1 Å². The molecular weight excluding hydrogens is 301 g/mol. The van der Waals surface area contributed by atoms with Gasteiger partial charge in [-0.3, -0.25) is 9.69 Å². The minimum Gasteiger partial charge on any atom is -0.492 e. The normalized spacial score (nSPS) is 19.8. The van der Waals surface area contributed by atoms with E-state index < -0.39 is 5.97 Å². The molecule has 0 aromatic heterocycles. The minimum absolute atomic E-state index is 0.260. The van der Waals surface area contributed by atoms with E-state index >= 15 is 0 Å². The molecule has 1 saturated heterocycles. The lowest BCUT2D eigenvalue weighted by atomic mass is 9.98. The van der Waals surface area contributed by atoms with E-state index in [4.69, 9.17) is 33.0 Å². The number of ether oxygens (including phenoxy) is 1. The smallest absolute Gasteiger partial charge is 0.307 e. The molecule has 1 N–H and O–H groups in total. The quantitative estimate of drug-likeness (QED) is 0.906. The van der Waals surface area contributed by atoms with Gasteiger partial charge in [0.2, 0.25) is 0 Å². The molecule has 0 bridgehead atoms. The summed E-state index contributed by atoms with van der Waals surface area (Å²) < 4.78 is 5.61. The Bertz CT molecular complexity index is 461. The first-order valence-electron chi connectivity index (χ1n) is 6.58. The molecule has 1 aliphatic heterocycles. The van der Waals surface area contributed by atoms with Gasteiger partial charge in [-0.25, -0.2) is 0 Å².